The number of carbonyl (C=O) groups excluding carboxylic acids is 2. The number of Topliss-reactive ketones (excluding diaryl/α,β-unsaturated/α-hetero) is 2. The summed E-state index contributed by atoms with van der Waals surface area (Å²) in [6.45, 7) is 3.81. The molecule has 1 N–H and O–H groups in total. The van der Waals surface area contributed by atoms with Crippen LogP contribution >= 0.6 is 0 Å². The van der Waals surface area contributed by atoms with E-state index >= 15 is 0 Å². The number of aryl methyl sites for hydroxylation is 2. The topological polar surface area (TPSA) is 54.4 Å². The average molecular weight is 278 g/mol. The number of hydrogen-bond donors (Lipinski definition) is 1. The first kappa shape index (κ1) is 13.3. The zero-order valence-corrected chi connectivity index (χ0v) is 11.8. The van der Waals surface area contributed by atoms with Crippen LogP contribution in [0.5, 0.6) is 0 Å². The van der Waals surface area contributed by atoms with Gasteiger partial charge in [-0.25, -0.2) is 0 Å². The van der Waals surface area contributed by atoms with Crippen LogP contribution in [-0.2, 0) is 4.79 Å². The van der Waals surface area contributed by atoms with E-state index in [1.165, 1.54) is 0 Å². The van der Waals surface area contributed by atoms with Crippen molar-refractivity contribution in [3.8, 4) is 0 Å². The van der Waals surface area contributed by atoms with E-state index in [1.807, 2.05) is 26.0 Å². The van der Waals surface area contributed by atoms with Crippen LogP contribution in [0.3, 0.4) is 0 Å². The van der Waals surface area contributed by atoms with Crippen LogP contribution in [0.25, 0.3) is 11.3 Å². The summed E-state index contributed by atoms with van der Waals surface area (Å²) in [6.07, 6.45) is 0. The summed E-state index contributed by atoms with van der Waals surface area (Å²) >= 11 is 0. The Kier molecular flexibility index (Phi) is 2.98. The molecule has 0 amide bonds. The molecule has 0 fully saturated rings. The van der Waals surface area contributed by atoms with E-state index in [2.05, 4.69) is 0 Å². The van der Waals surface area contributed by atoms with Crippen LogP contribution < -0.4 is 0 Å². The Bertz CT molecular complexity index is 813. The molecule has 0 saturated carbocycles. The Morgan fingerprint density at radius 1 is 0.810 bits per heavy atom. The summed E-state index contributed by atoms with van der Waals surface area (Å²) < 4.78 is 0. The molecular weight excluding hydrogens is 264 g/mol. The molecule has 0 unspecified atom stereocenters. The smallest absolute Gasteiger partial charge is 0.237 e. The minimum absolute atomic E-state index is 0.0937. The Labute approximate surface area is 122 Å². The van der Waals surface area contributed by atoms with Crippen LogP contribution in [0.15, 0.2) is 42.5 Å². The van der Waals surface area contributed by atoms with E-state index < -0.39 is 11.6 Å². The van der Waals surface area contributed by atoms with Crippen molar-refractivity contribution in [2.75, 3.05) is 0 Å². The Morgan fingerprint density at radius 3 is 2.14 bits per heavy atom. The third-order valence-corrected chi connectivity index (χ3v) is 3.75. The van der Waals surface area contributed by atoms with E-state index in [9.17, 15) is 14.7 Å². The predicted octanol–water partition coefficient (Wildman–Crippen LogP) is 3.50. The van der Waals surface area contributed by atoms with Crippen molar-refractivity contribution in [3.63, 3.8) is 0 Å². The second-order valence-corrected chi connectivity index (χ2v) is 5.25. The second-order valence-electron chi connectivity index (χ2n) is 5.25. The minimum Gasteiger partial charge on any atom is -0.506 e. The number of hydrogen-bond acceptors (Lipinski definition) is 3. The lowest BCUT2D eigenvalue weighted by Gasteiger charge is -2.19. The maximum atomic E-state index is 12.4. The van der Waals surface area contributed by atoms with Gasteiger partial charge in [-0.3, -0.25) is 9.59 Å². The van der Waals surface area contributed by atoms with Gasteiger partial charge in [0.2, 0.25) is 11.6 Å². The van der Waals surface area contributed by atoms with Crippen molar-refractivity contribution in [1.29, 1.82) is 0 Å². The summed E-state index contributed by atoms with van der Waals surface area (Å²) in [7, 11) is 0. The van der Waals surface area contributed by atoms with Crippen LogP contribution in [0, 0.1) is 13.8 Å². The Morgan fingerprint density at radius 2 is 1.48 bits per heavy atom. The number of allylic oxidation sites excluding steroid dienone is 1. The SMILES string of the molecule is Cc1ccc(C2=C(O)c3ccccc3C(=O)C2=O)c(C)c1. The summed E-state index contributed by atoms with van der Waals surface area (Å²) in [6, 6.07) is 12.2. The minimum atomic E-state index is -0.654. The highest BCUT2D eigenvalue weighted by Gasteiger charge is 2.33. The van der Waals surface area contributed by atoms with Gasteiger partial charge >= 0.3 is 0 Å². The molecule has 0 saturated heterocycles. The highest BCUT2D eigenvalue weighted by molar-refractivity contribution is 6.62. The molecule has 0 aromatic heterocycles. The molecular formula is C18H14O3. The highest BCUT2D eigenvalue weighted by Crippen LogP contribution is 2.34. The monoisotopic (exact) mass is 278 g/mol. The fourth-order valence-electron chi connectivity index (χ4n) is 2.71. The molecule has 0 radical (unpaired) electrons. The van der Waals surface area contributed by atoms with Gasteiger partial charge in [0.15, 0.2) is 0 Å². The first-order chi connectivity index (χ1) is 10.0. The highest BCUT2D eigenvalue weighted by atomic mass is 16.3. The van der Waals surface area contributed by atoms with E-state index in [0.29, 0.717) is 11.1 Å². The lowest BCUT2D eigenvalue weighted by atomic mass is 9.84. The standard InChI is InChI=1S/C18H14O3/c1-10-7-8-12(11(2)9-10)15-16(19)13-5-3-4-6-14(13)17(20)18(15)21/h3-9,19H,1-2H3. The quantitative estimate of drug-likeness (QED) is 0.812. The number of aliphatic hydroxyl groups excluding tert-OH is 1. The molecule has 3 rings (SSSR count). The molecule has 0 heterocycles. The first-order valence-corrected chi connectivity index (χ1v) is 6.70. The molecule has 2 aromatic rings. The Balaban J connectivity index is 2.31. The maximum Gasteiger partial charge on any atom is 0.237 e. The fourth-order valence-corrected chi connectivity index (χ4v) is 2.71. The van der Waals surface area contributed by atoms with Gasteiger partial charge < -0.3 is 5.11 Å². The first-order valence-electron chi connectivity index (χ1n) is 6.70. The van der Waals surface area contributed by atoms with E-state index in [1.54, 1.807) is 30.3 Å². The summed E-state index contributed by atoms with van der Waals surface area (Å²) in [4.78, 5) is 24.6. The normalized spacial score (nSPS) is 14.4. The molecule has 3 nitrogen and oxygen atoms in total. The number of aliphatic hydroxyl groups is 1. The number of fused-ring (bicyclic) bond motifs is 1. The van der Waals surface area contributed by atoms with Crippen molar-refractivity contribution in [1.82, 2.24) is 0 Å². The van der Waals surface area contributed by atoms with Gasteiger partial charge in [0.05, 0.1) is 5.57 Å². The molecule has 0 spiro atoms. The van der Waals surface area contributed by atoms with Crippen molar-refractivity contribution in [2.24, 2.45) is 0 Å². The zero-order chi connectivity index (χ0) is 15.1. The third-order valence-electron chi connectivity index (χ3n) is 3.75. The molecule has 2 aromatic carbocycles. The van der Waals surface area contributed by atoms with Crippen molar-refractivity contribution in [2.45, 2.75) is 13.8 Å². The Hall–Kier alpha value is -2.68. The van der Waals surface area contributed by atoms with Gasteiger partial charge in [-0.15, -0.1) is 0 Å². The lowest BCUT2D eigenvalue weighted by Crippen LogP contribution is -2.23. The van der Waals surface area contributed by atoms with Crippen molar-refractivity contribution < 1.29 is 14.7 Å². The average Bonchev–Trinajstić information content (AvgIpc) is 2.47. The van der Waals surface area contributed by atoms with Crippen LogP contribution in [0.1, 0.15) is 32.6 Å². The third kappa shape index (κ3) is 1.98. The van der Waals surface area contributed by atoms with Crippen LogP contribution in [0.4, 0.5) is 0 Å². The zero-order valence-electron chi connectivity index (χ0n) is 11.8. The molecule has 3 heteroatoms. The van der Waals surface area contributed by atoms with Gasteiger partial charge in [-0.2, -0.15) is 0 Å². The van der Waals surface area contributed by atoms with Gasteiger partial charge in [0, 0.05) is 11.1 Å². The molecule has 1 aliphatic rings. The van der Waals surface area contributed by atoms with E-state index in [-0.39, 0.29) is 16.9 Å². The van der Waals surface area contributed by atoms with Crippen molar-refractivity contribution >= 4 is 22.9 Å². The molecule has 0 bridgehead atoms. The van der Waals surface area contributed by atoms with Gasteiger partial charge in [-0.1, -0.05) is 48.0 Å². The number of rotatable bonds is 1. The number of benzene rings is 2. The summed E-state index contributed by atoms with van der Waals surface area (Å²) in [5.41, 5.74) is 3.29. The fraction of sp³-hybridized carbons (Fsp3) is 0.111. The van der Waals surface area contributed by atoms with Crippen molar-refractivity contribution in [3.05, 3.63) is 70.3 Å². The van der Waals surface area contributed by atoms with Gasteiger partial charge in [-0.05, 0) is 25.0 Å². The van der Waals surface area contributed by atoms with Gasteiger partial charge in [0.1, 0.15) is 5.76 Å². The maximum absolute atomic E-state index is 12.4. The van der Waals surface area contributed by atoms with E-state index in [4.69, 9.17) is 0 Å². The number of ketones is 2. The van der Waals surface area contributed by atoms with Crippen LogP contribution in [-0.4, -0.2) is 16.7 Å². The predicted molar refractivity (Wildman–Crippen MR) is 81.1 cm³/mol. The van der Waals surface area contributed by atoms with Crippen LogP contribution in [0.2, 0.25) is 0 Å². The largest absolute Gasteiger partial charge is 0.506 e. The molecule has 0 atom stereocenters. The molecule has 1 aliphatic carbocycles. The van der Waals surface area contributed by atoms with Gasteiger partial charge in [0.25, 0.3) is 0 Å². The van der Waals surface area contributed by atoms with E-state index in [0.717, 1.165) is 11.1 Å². The molecule has 21 heavy (non-hydrogen) atoms. The lowest BCUT2D eigenvalue weighted by molar-refractivity contribution is -0.110. The second kappa shape index (κ2) is 4.70. The summed E-state index contributed by atoms with van der Waals surface area (Å²) in [5, 5.41) is 10.5. The summed E-state index contributed by atoms with van der Waals surface area (Å²) in [5.74, 6) is -1.35. The number of carbonyl (C=O) groups is 2. The molecule has 0 aliphatic heterocycles. The molecule has 104 valence electrons.